The van der Waals surface area contributed by atoms with Gasteiger partial charge in [-0.05, 0) is 54.2 Å². The molecule has 0 bridgehead atoms. The first-order valence-corrected chi connectivity index (χ1v) is 6.81. The monoisotopic (exact) mass is 314 g/mol. The molecular weight excluding hydrogens is 303 g/mol. The summed E-state index contributed by atoms with van der Waals surface area (Å²) in [5.74, 6) is 0.299. The molecule has 0 fully saturated rings. The Morgan fingerprint density at radius 3 is 2.73 bits per heavy atom. The van der Waals surface area contributed by atoms with E-state index in [2.05, 4.69) is 15.3 Å². The number of phenols is 1. The van der Waals surface area contributed by atoms with Crippen molar-refractivity contribution in [3.63, 3.8) is 0 Å². The van der Waals surface area contributed by atoms with Crippen LogP contribution >= 0.6 is 12.2 Å². The molecule has 1 aromatic heterocycles. The summed E-state index contributed by atoms with van der Waals surface area (Å²) in [6.45, 7) is 0. The average Bonchev–Trinajstić information content (AvgIpc) is 2.87. The van der Waals surface area contributed by atoms with Gasteiger partial charge in [0.05, 0.1) is 6.21 Å². The van der Waals surface area contributed by atoms with Crippen LogP contribution in [-0.2, 0) is 0 Å². The molecule has 0 radical (unpaired) electrons. The van der Waals surface area contributed by atoms with Crippen LogP contribution in [0.3, 0.4) is 0 Å². The molecule has 0 aliphatic carbocycles. The highest BCUT2D eigenvalue weighted by molar-refractivity contribution is 7.71. The van der Waals surface area contributed by atoms with Gasteiger partial charge >= 0.3 is 0 Å². The van der Waals surface area contributed by atoms with Crippen LogP contribution in [0.5, 0.6) is 5.75 Å². The molecule has 5 nitrogen and oxygen atoms in total. The fourth-order valence-electron chi connectivity index (χ4n) is 1.91. The van der Waals surface area contributed by atoms with E-state index in [1.54, 1.807) is 42.6 Å². The minimum absolute atomic E-state index is 0.151. The lowest BCUT2D eigenvalue weighted by Gasteiger charge is -2.01. The maximum absolute atomic E-state index is 13.0. The molecule has 0 amide bonds. The number of halogens is 1. The molecule has 3 rings (SSSR count). The summed E-state index contributed by atoms with van der Waals surface area (Å²) in [6, 6.07) is 12.5. The second-order valence-electron chi connectivity index (χ2n) is 4.51. The number of aromatic nitrogens is 3. The molecule has 1 heterocycles. The third-order valence-corrected chi connectivity index (χ3v) is 3.21. The zero-order valence-electron chi connectivity index (χ0n) is 11.3. The molecular formula is C15H11FN4OS. The van der Waals surface area contributed by atoms with E-state index in [4.69, 9.17) is 12.2 Å². The van der Waals surface area contributed by atoms with Crippen molar-refractivity contribution in [3.05, 3.63) is 64.7 Å². The van der Waals surface area contributed by atoms with Gasteiger partial charge in [0.15, 0.2) is 5.82 Å². The molecule has 0 saturated heterocycles. The number of nitrogens with one attached hydrogen (secondary N) is 1. The van der Waals surface area contributed by atoms with Crippen LogP contribution < -0.4 is 0 Å². The first-order valence-electron chi connectivity index (χ1n) is 6.40. The predicted octanol–water partition coefficient (Wildman–Crippen LogP) is 3.33. The highest BCUT2D eigenvalue weighted by atomic mass is 32.1. The van der Waals surface area contributed by atoms with Gasteiger partial charge in [0.25, 0.3) is 0 Å². The maximum atomic E-state index is 13.0. The van der Waals surface area contributed by atoms with Gasteiger partial charge in [0.2, 0.25) is 4.77 Å². The average molecular weight is 314 g/mol. The number of hydrogen-bond acceptors (Lipinski definition) is 4. The molecule has 0 aliphatic rings. The lowest BCUT2D eigenvalue weighted by atomic mass is 10.2. The van der Waals surface area contributed by atoms with Gasteiger partial charge < -0.3 is 5.11 Å². The molecule has 3 aromatic rings. The Kier molecular flexibility index (Phi) is 3.80. The van der Waals surface area contributed by atoms with Crippen LogP contribution in [0, 0.1) is 10.6 Å². The summed E-state index contributed by atoms with van der Waals surface area (Å²) in [7, 11) is 0. The fourth-order valence-corrected chi connectivity index (χ4v) is 2.09. The minimum Gasteiger partial charge on any atom is -0.508 e. The summed E-state index contributed by atoms with van der Waals surface area (Å²) >= 11 is 5.15. The van der Waals surface area contributed by atoms with Gasteiger partial charge in [-0.1, -0.05) is 12.1 Å². The Morgan fingerprint density at radius 2 is 2.00 bits per heavy atom. The summed E-state index contributed by atoms with van der Waals surface area (Å²) in [5, 5.41) is 20.5. The van der Waals surface area contributed by atoms with Crippen molar-refractivity contribution < 1.29 is 9.50 Å². The Morgan fingerprint density at radius 1 is 1.23 bits per heavy atom. The van der Waals surface area contributed by atoms with Crippen LogP contribution in [0.1, 0.15) is 5.56 Å². The van der Waals surface area contributed by atoms with Crippen molar-refractivity contribution in [1.29, 1.82) is 0 Å². The van der Waals surface area contributed by atoms with Crippen molar-refractivity contribution in [3.8, 4) is 17.1 Å². The summed E-state index contributed by atoms with van der Waals surface area (Å²) in [6.07, 6.45) is 1.55. The maximum Gasteiger partial charge on any atom is 0.216 e. The Hall–Kier alpha value is -2.80. The fraction of sp³-hybridized carbons (Fsp3) is 0. The van der Waals surface area contributed by atoms with Gasteiger partial charge in [0.1, 0.15) is 11.6 Å². The quantitative estimate of drug-likeness (QED) is 0.575. The molecule has 7 heteroatoms. The molecule has 0 spiro atoms. The zero-order chi connectivity index (χ0) is 15.5. The smallest absolute Gasteiger partial charge is 0.216 e. The van der Waals surface area contributed by atoms with Gasteiger partial charge in [-0.2, -0.15) is 14.9 Å². The lowest BCUT2D eigenvalue weighted by molar-refractivity contribution is 0.475. The van der Waals surface area contributed by atoms with Crippen molar-refractivity contribution in [2.75, 3.05) is 0 Å². The number of benzene rings is 2. The van der Waals surface area contributed by atoms with Gasteiger partial charge in [0, 0.05) is 5.56 Å². The molecule has 110 valence electrons. The van der Waals surface area contributed by atoms with E-state index in [0.29, 0.717) is 21.7 Å². The van der Waals surface area contributed by atoms with Gasteiger partial charge in [-0.3, -0.25) is 0 Å². The van der Waals surface area contributed by atoms with E-state index in [9.17, 15) is 9.50 Å². The normalized spacial score (nSPS) is 11.1. The van der Waals surface area contributed by atoms with Crippen LogP contribution in [0.4, 0.5) is 4.39 Å². The molecule has 22 heavy (non-hydrogen) atoms. The Bertz CT molecular complexity index is 883. The number of nitrogens with zero attached hydrogens (tertiary/aromatic N) is 3. The molecule has 2 aromatic carbocycles. The summed E-state index contributed by atoms with van der Waals surface area (Å²) < 4.78 is 14.8. The number of aromatic hydroxyl groups is 1. The van der Waals surface area contributed by atoms with Crippen molar-refractivity contribution in [2.45, 2.75) is 0 Å². The Labute approximate surface area is 130 Å². The van der Waals surface area contributed by atoms with Crippen molar-refractivity contribution in [1.82, 2.24) is 14.9 Å². The van der Waals surface area contributed by atoms with Crippen LogP contribution in [0.25, 0.3) is 11.4 Å². The van der Waals surface area contributed by atoms with E-state index in [1.807, 2.05) is 0 Å². The second-order valence-corrected chi connectivity index (χ2v) is 4.90. The number of rotatable bonds is 3. The summed E-state index contributed by atoms with van der Waals surface area (Å²) in [4.78, 5) is 0. The van der Waals surface area contributed by atoms with Crippen LogP contribution in [0.15, 0.2) is 53.6 Å². The zero-order valence-corrected chi connectivity index (χ0v) is 12.1. The van der Waals surface area contributed by atoms with Crippen LogP contribution in [-0.4, -0.2) is 26.2 Å². The third-order valence-electron chi connectivity index (χ3n) is 2.95. The highest BCUT2D eigenvalue weighted by Gasteiger charge is 2.08. The van der Waals surface area contributed by atoms with E-state index < -0.39 is 0 Å². The first-order chi connectivity index (χ1) is 10.6. The number of hydrogen-bond donors (Lipinski definition) is 2. The Balaban J connectivity index is 1.99. The van der Waals surface area contributed by atoms with E-state index in [1.165, 1.54) is 16.8 Å². The predicted molar refractivity (Wildman–Crippen MR) is 83.9 cm³/mol. The minimum atomic E-state index is -0.326. The second kappa shape index (κ2) is 5.90. The van der Waals surface area contributed by atoms with Crippen LogP contribution in [0.2, 0.25) is 0 Å². The lowest BCUT2D eigenvalue weighted by Crippen LogP contribution is -1.95. The first kappa shape index (κ1) is 14.2. The van der Waals surface area contributed by atoms with Crippen molar-refractivity contribution in [2.24, 2.45) is 5.10 Å². The standard InChI is InChI=1S/C15H11FN4OS/c16-12-6-4-11(5-7-12)14-18-19-15(22)20(14)17-9-10-2-1-3-13(21)8-10/h1-9,21H,(H,19,22)/b17-9+. The third kappa shape index (κ3) is 2.94. The van der Waals surface area contributed by atoms with Gasteiger partial charge in [-0.15, -0.1) is 0 Å². The number of phenolic OH excluding ortho intramolecular Hbond substituents is 1. The number of H-pyrrole nitrogens is 1. The number of aromatic amines is 1. The molecule has 0 atom stereocenters. The topological polar surface area (TPSA) is 66.2 Å². The van der Waals surface area contributed by atoms with E-state index in [-0.39, 0.29) is 11.6 Å². The van der Waals surface area contributed by atoms with E-state index >= 15 is 0 Å². The molecule has 0 unspecified atom stereocenters. The van der Waals surface area contributed by atoms with Crippen molar-refractivity contribution >= 4 is 18.4 Å². The van der Waals surface area contributed by atoms with E-state index in [0.717, 1.165) is 0 Å². The molecule has 0 aliphatic heterocycles. The highest BCUT2D eigenvalue weighted by Crippen LogP contribution is 2.17. The summed E-state index contributed by atoms with van der Waals surface area (Å²) in [5.41, 5.74) is 1.40. The molecule has 2 N–H and O–H groups in total. The van der Waals surface area contributed by atoms with Gasteiger partial charge in [-0.25, -0.2) is 9.49 Å². The molecule has 0 saturated carbocycles. The largest absolute Gasteiger partial charge is 0.508 e. The SMILES string of the molecule is Oc1cccc(/C=N/n2c(-c3ccc(F)cc3)n[nH]c2=S)c1.